The summed E-state index contributed by atoms with van der Waals surface area (Å²) in [4.78, 5) is 14.9. The SMILES string of the molecule is COc1cccc(COC(C)C(=O)NCc2ccc(CN3CCCCCC3)cc2)c1. The van der Waals surface area contributed by atoms with Crippen LogP contribution in [0.4, 0.5) is 0 Å². The highest BCUT2D eigenvalue weighted by molar-refractivity contribution is 5.80. The van der Waals surface area contributed by atoms with Crippen LogP contribution in [0.3, 0.4) is 0 Å². The first-order valence-electron chi connectivity index (χ1n) is 11.0. The first kappa shape index (κ1) is 22.3. The lowest BCUT2D eigenvalue weighted by atomic mass is 10.1. The second-order valence-corrected chi connectivity index (χ2v) is 8.03. The van der Waals surface area contributed by atoms with E-state index in [0.717, 1.165) is 23.4 Å². The van der Waals surface area contributed by atoms with Gasteiger partial charge in [0, 0.05) is 13.1 Å². The Kier molecular flexibility index (Phi) is 8.72. The molecule has 1 amide bonds. The molecule has 0 radical (unpaired) electrons. The number of nitrogens with one attached hydrogen (secondary N) is 1. The van der Waals surface area contributed by atoms with Crippen molar-refractivity contribution in [3.63, 3.8) is 0 Å². The Bertz CT molecular complexity index is 783. The van der Waals surface area contributed by atoms with Crippen LogP contribution in [-0.4, -0.2) is 37.1 Å². The first-order chi connectivity index (χ1) is 14.6. The topological polar surface area (TPSA) is 50.8 Å². The number of nitrogens with zero attached hydrogens (tertiary/aromatic N) is 1. The predicted molar refractivity (Wildman–Crippen MR) is 119 cm³/mol. The van der Waals surface area contributed by atoms with Gasteiger partial charge in [0.25, 0.3) is 0 Å². The Morgan fingerprint density at radius 2 is 1.70 bits per heavy atom. The van der Waals surface area contributed by atoms with Gasteiger partial charge in [-0.15, -0.1) is 0 Å². The molecule has 1 heterocycles. The monoisotopic (exact) mass is 410 g/mol. The third-order valence-electron chi connectivity index (χ3n) is 5.60. The van der Waals surface area contributed by atoms with E-state index >= 15 is 0 Å². The number of methoxy groups -OCH3 is 1. The van der Waals surface area contributed by atoms with E-state index in [0.29, 0.717) is 13.2 Å². The van der Waals surface area contributed by atoms with Crippen LogP contribution in [0.15, 0.2) is 48.5 Å². The van der Waals surface area contributed by atoms with E-state index in [1.807, 2.05) is 24.3 Å². The van der Waals surface area contributed by atoms with E-state index in [1.165, 1.54) is 44.3 Å². The lowest BCUT2D eigenvalue weighted by Gasteiger charge is -2.20. The van der Waals surface area contributed by atoms with E-state index in [4.69, 9.17) is 9.47 Å². The summed E-state index contributed by atoms with van der Waals surface area (Å²) >= 11 is 0. The van der Waals surface area contributed by atoms with Gasteiger partial charge in [-0.2, -0.15) is 0 Å². The smallest absolute Gasteiger partial charge is 0.249 e. The van der Waals surface area contributed by atoms with Crippen molar-refractivity contribution in [1.82, 2.24) is 10.2 Å². The van der Waals surface area contributed by atoms with Crippen molar-refractivity contribution < 1.29 is 14.3 Å². The van der Waals surface area contributed by atoms with Crippen LogP contribution in [0.1, 0.15) is 49.3 Å². The zero-order chi connectivity index (χ0) is 21.2. The van der Waals surface area contributed by atoms with Gasteiger partial charge in [0.2, 0.25) is 5.91 Å². The molecule has 2 aromatic rings. The van der Waals surface area contributed by atoms with Gasteiger partial charge in [-0.25, -0.2) is 0 Å². The molecule has 5 nitrogen and oxygen atoms in total. The average molecular weight is 411 g/mol. The van der Waals surface area contributed by atoms with Gasteiger partial charge in [0.05, 0.1) is 13.7 Å². The summed E-state index contributed by atoms with van der Waals surface area (Å²) in [5.41, 5.74) is 3.42. The summed E-state index contributed by atoms with van der Waals surface area (Å²) in [5.74, 6) is 0.680. The summed E-state index contributed by atoms with van der Waals surface area (Å²) in [5, 5.41) is 2.97. The summed E-state index contributed by atoms with van der Waals surface area (Å²) in [6.07, 6.45) is 4.82. The maximum absolute atomic E-state index is 12.4. The number of likely N-dealkylation sites (tertiary alicyclic amines) is 1. The predicted octanol–water partition coefficient (Wildman–Crippen LogP) is 4.29. The van der Waals surface area contributed by atoms with Crippen LogP contribution in [-0.2, 0) is 29.2 Å². The zero-order valence-electron chi connectivity index (χ0n) is 18.2. The van der Waals surface area contributed by atoms with Crippen LogP contribution in [0, 0.1) is 0 Å². The van der Waals surface area contributed by atoms with Crippen molar-refractivity contribution in [2.75, 3.05) is 20.2 Å². The van der Waals surface area contributed by atoms with Crippen LogP contribution in [0.5, 0.6) is 5.75 Å². The second-order valence-electron chi connectivity index (χ2n) is 8.03. The Morgan fingerprint density at radius 3 is 2.40 bits per heavy atom. The Labute approximate surface area is 180 Å². The summed E-state index contributed by atoms with van der Waals surface area (Å²) < 4.78 is 10.9. The van der Waals surface area contributed by atoms with Gasteiger partial charge in [0.15, 0.2) is 0 Å². The van der Waals surface area contributed by atoms with Crippen molar-refractivity contribution in [3.8, 4) is 5.75 Å². The number of hydrogen-bond donors (Lipinski definition) is 1. The number of amides is 1. The lowest BCUT2D eigenvalue weighted by molar-refractivity contribution is -0.132. The number of carbonyl (C=O) groups is 1. The molecule has 1 unspecified atom stereocenters. The molecule has 30 heavy (non-hydrogen) atoms. The molecule has 3 rings (SSSR count). The van der Waals surface area contributed by atoms with Crippen LogP contribution in [0.2, 0.25) is 0 Å². The Balaban J connectivity index is 1.41. The third kappa shape index (κ3) is 7.15. The maximum Gasteiger partial charge on any atom is 0.249 e. The normalized spacial score (nSPS) is 15.9. The van der Waals surface area contributed by atoms with Gasteiger partial charge >= 0.3 is 0 Å². The van der Waals surface area contributed by atoms with E-state index in [9.17, 15) is 4.79 Å². The zero-order valence-corrected chi connectivity index (χ0v) is 18.2. The minimum Gasteiger partial charge on any atom is -0.497 e. The molecule has 2 aromatic carbocycles. The molecule has 0 saturated carbocycles. The molecular formula is C25H34N2O3. The molecule has 1 fully saturated rings. The number of ether oxygens (including phenoxy) is 2. The molecule has 1 aliphatic heterocycles. The van der Waals surface area contributed by atoms with Crippen molar-refractivity contribution in [2.24, 2.45) is 0 Å². The summed E-state index contributed by atoms with van der Waals surface area (Å²) in [6, 6.07) is 16.2. The van der Waals surface area contributed by atoms with E-state index in [1.54, 1.807) is 14.0 Å². The third-order valence-corrected chi connectivity index (χ3v) is 5.60. The molecule has 1 saturated heterocycles. The van der Waals surface area contributed by atoms with Crippen LogP contribution in [0.25, 0.3) is 0 Å². The summed E-state index contributed by atoms with van der Waals surface area (Å²) in [6.45, 7) is 6.07. The number of rotatable bonds is 9. The van der Waals surface area contributed by atoms with E-state index < -0.39 is 6.10 Å². The quantitative estimate of drug-likeness (QED) is 0.670. The Morgan fingerprint density at radius 1 is 1.00 bits per heavy atom. The molecule has 1 N–H and O–H groups in total. The van der Waals surface area contributed by atoms with Crippen LogP contribution >= 0.6 is 0 Å². The van der Waals surface area contributed by atoms with Crippen molar-refractivity contribution in [1.29, 1.82) is 0 Å². The van der Waals surface area contributed by atoms with Gasteiger partial charge in [-0.1, -0.05) is 49.2 Å². The average Bonchev–Trinajstić information content (AvgIpc) is 3.05. The molecule has 0 aromatic heterocycles. The minimum absolute atomic E-state index is 0.105. The highest BCUT2D eigenvalue weighted by Gasteiger charge is 2.14. The molecule has 0 spiro atoms. The van der Waals surface area contributed by atoms with E-state index in [-0.39, 0.29) is 5.91 Å². The fraction of sp³-hybridized carbons (Fsp3) is 0.480. The molecular weight excluding hydrogens is 376 g/mol. The standard InChI is InChI=1S/C25H34N2O3/c1-20(30-19-23-8-7-9-24(16-23)29-2)25(28)26-17-21-10-12-22(13-11-21)18-27-14-5-3-4-6-15-27/h7-13,16,20H,3-6,14-15,17-19H2,1-2H3,(H,26,28). The second kappa shape index (κ2) is 11.7. The first-order valence-corrected chi connectivity index (χ1v) is 11.0. The maximum atomic E-state index is 12.4. The minimum atomic E-state index is -0.515. The van der Waals surface area contributed by atoms with E-state index in [2.05, 4.69) is 34.5 Å². The molecule has 0 aliphatic carbocycles. The number of carbonyl (C=O) groups excluding carboxylic acids is 1. The van der Waals surface area contributed by atoms with Gasteiger partial charge in [-0.05, 0) is 61.7 Å². The number of hydrogen-bond acceptors (Lipinski definition) is 4. The van der Waals surface area contributed by atoms with Gasteiger partial charge in [0.1, 0.15) is 11.9 Å². The largest absolute Gasteiger partial charge is 0.497 e. The van der Waals surface area contributed by atoms with Crippen molar-refractivity contribution in [2.45, 2.75) is 58.4 Å². The highest BCUT2D eigenvalue weighted by atomic mass is 16.5. The van der Waals surface area contributed by atoms with Crippen LogP contribution < -0.4 is 10.1 Å². The highest BCUT2D eigenvalue weighted by Crippen LogP contribution is 2.15. The number of benzene rings is 2. The fourth-order valence-corrected chi connectivity index (χ4v) is 3.71. The van der Waals surface area contributed by atoms with Gasteiger partial charge in [-0.3, -0.25) is 9.69 Å². The fourth-order valence-electron chi connectivity index (χ4n) is 3.71. The molecule has 162 valence electrons. The summed E-state index contributed by atoms with van der Waals surface area (Å²) in [7, 11) is 1.64. The van der Waals surface area contributed by atoms with Crippen molar-refractivity contribution in [3.05, 3.63) is 65.2 Å². The van der Waals surface area contributed by atoms with Gasteiger partial charge < -0.3 is 14.8 Å². The molecule has 0 bridgehead atoms. The Hall–Kier alpha value is -2.37. The molecule has 1 atom stereocenters. The van der Waals surface area contributed by atoms with Crippen molar-refractivity contribution >= 4 is 5.91 Å². The molecule has 5 heteroatoms. The molecule has 1 aliphatic rings. The lowest BCUT2D eigenvalue weighted by Crippen LogP contribution is -2.34.